The van der Waals surface area contributed by atoms with Crippen LogP contribution >= 0.6 is 12.2 Å². The SMILES string of the molecule is C/C=C1/NN=C/C1=N/C=S. The summed E-state index contributed by atoms with van der Waals surface area (Å²) in [6.07, 6.45) is 3.53. The number of hydrazone groups is 1. The lowest BCUT2D eigenvalue weighted by Crippen LogP contribution is -2.06. The Balaban J connectivity index is 2.86. The van der Waals surface area contributed by atoms with Crippen LogP contribution in [0.25, 0.3) is 0 Å². The standard InChI is InChI=1S/C6H7N3S/c1-2-5-6(7-4-10)3-8-9-5/h2-4,9H,1H3/b5-2+,7-6-. The largest absolute Gasteiger partial charge is 0.277 e. The topological polar surface area (TPSA) is 36.8 Å². The molecule has 0 radical (unpaired) electrons. The van der Waals surface area contributed by atoms with Crippen LogP contribution in [-0.2, 0) is 0 Å². The second kappa shape index (κ2) is 3.22. The highest BCUT2D eigenvalue weighted by Gasteiger charge is 2.06. The second-order valence-electron chi connectivity index (χ2n) is 1.69. The Morgan fingerprint density at radius 2 is 2.60 bits per heavy atom. The fourth-order valence-electron chi connectivity index (χ4n) is 0.662. The Morgan fingerprint density at radius 3 is 3.20 bits per heavy atom. The van der Waals surface area contributed by atoms with Gasteiger partial charge in [0.15, 0.2) is 0 Å². The molecule has 0 aromatic carbocycles. The Bertz CT molecular complexity index is 227. The number of thiocarbonyl (C=S) groups is 1. The molecule has 0 saturated carbocycles. The van der Waals surface area contributed by atoms with Crippen LogP contribution in [0.4, 0.5) is 0 Å². The van der Waals surface area contributed by atoms with Crippen LogP contribution in [0.15, 0.2) is 21.9 Å². The Hall–Kier alpha value is -1.03. The van der Waals surface area contributed by atoms with Gasteiger partial charge >= 0.3 is 0 Å². The van der Waals surface area contributed by atoms with E-state index in [9.17, 15) is 0 Å². The molecule has 0 spiro atoms. The maximum absolute atomic E-state index is 4.56. The minimum absolute atomic E-state index is 0.789. The van der Waals surface area contributed by atoms with E-state index in [0.29, 0.717) is 0 Å². The zero-order chi connectivity index (χ0) is 7.40. The van der Waals surface area contributed by atoms with E-state index in [1.807, 2.05) is 13.0 Å². The fourth-order valence-corrected chi connectivity index (χ4v) is 0.775. The van der Waals surface area contributed by atoms with Crippen molar-refractivity contribution < 1.29 is 0 Å². The molecule has 0 saturated heterocycles. The summed E-state index contributed by atoms with van der Waals surface area (Å²) >= 11 is 4.56. The molecule has 0 aromatic rings. The molecule has 1 heterocycles. The van der Waals surface area contributed by atoms with E-state index in [4.69, 9.17) is 0 Å². The van der Waals surface area contributed by atoms with Crippen LogP contribution in [-0.4, -0.2) is 17.4 Å². The third-order valence-electron chi connectivity index (χ3n) is 1.13. The number of nitrogens with zero attached hydrogens (tertiary/aromatic N) is 2. The monoisotopic (exact) mass is 153 g/mol. The fraction of sp³-hybridized carbons (Fsp3) is 0.167. The van der Waals surface area contributed by atoms with Crippen LogP contribution in [0.5, 0.6) is 0 Å². The summed E-state index contributed by atoms with van der Waals surface area (Å²) in [7, 11) is 0. The second-order valence-corrected chi connectivity index (χ2v) is 1.90. The van der Waals surface area contributed by atoms with Gasteiger partial charge in [0.2, 0.25) is 0 Å². The summed E-state index contributed by atoms with van der Waals surface area (Å²) in [5.41, 5.74) is 5.80. The van der Waals surface area contributed by atoms with Gasteiger partial charge in [-0.05, 0) is 6.92 Å². The molecule has 0 amide bonds. The number of hydrogen-bond donors (Lipinski definition) is 1. The van der Waals surface area contributed by atoms with E-state index in [0.717, 1.165) is 11.4 Å². The Labute approximate surface area is 64.5 Å². The molecule has 10 heavy (non-hydrogen) atoms. The molecule has 4 heteroatoms. The molecular formula is C6H7N3S. The maximum atomic E-state index is 4.56. The van der Waals surface area contributed by atoms with Crippen molar-refractivity contribution in [3.8, 4) is 0 Å². The van der Waals surface area contributed by atoms with E-state index >= 15 is 0 Å². The molecule has 52 valence electrons. The number of rotatable bonds is 1. The van der Waals surface area contributed by atoms with Gasteiger partial charge in [-0.3, -0.25) is 5.43 Å². The maximum Gasteiger partial charge on any atom is 0.109 e. The van der Waals surface area contributed by atoms with Crippen molar-refractivity contribution in [1.29, 1.82) is 0 Å². The van der Waals surface area contributed by atoms with E-state index in [1.165, 1.54) is 5.49 Å². The van der Waals surface area contributed by atoms with Gasteiger partial charge in [0.1, 0.15) is 5.71 Å². The average molecular weight is 153 g/mol. The first-order valence-electron chi connectivity index (χ1n) is 2.85. The van der Waals surface area contributed by atoms with Gasteiger partial charge in [0.25, 0.3) is 0 Å². The quantitative estimate of drug-likeness (QED) is 0.568. The Kier molecular flexibility index (Phi) is 2.28. The third kappa shape index (κ3) is 1.27. The first-order chi connectivity index (χ1) is 4.88. The summed E-state index contributed by atoms with van der Waals surface area (Å²) < 4.78 is 0. The van der Waals surface area contributed by atoms with Crippen LogP contribution in [0, 0.1) is 0 Å². The molecule has 1 aliphatic heterocycles. The zero-order valence-corrected chi connectivity index (χ0v) is 6.35. The lowest BCUT2D eigenvalue weighted by Gasteiger charge is -1.92. The molecule has 0 unspecified atom stereocenters. The minimum Gasteiger partial charge on any atom is -0.277 e. The van der Waals surface area contributed by atoms with Crippen LogP contribution < -0.4 is 5.43 Å². The number of allylic oxidation sites excluding steroid dienone is 2. The number of hydrogen-bond acceptors (Lipinski definition) is 3. The van der Waals surface area contributed by atoms with Crippen molar-refractivity contribution in [2.24, 2.45) is 10.1 Å². The van der Waals surface area contributed by atoms with Crippen molar-refractivity contribution >= 4 is 29.6 Å². The molecule has 1 rings (SSSR count). The molecule has 1 aliphatic rings. The van der Waals surface area contributed by atoms with Crippen LogP contribution in [0.3, 0.4) is 0 Å². The molecule has 0 fully saturated rings. The van der Waals surface area contributed by atoms with Crippen molar-refractivity contribution in [1.82, 2.24) is 5.43 Å². The first kappa shape index (κ1) is 7.08. The highest BCUT2D eigenvalue weighted by molar-refractivity contribution is 7.78. The van der Waals surface area contributed by atoms with Crippen molar-refractivity contribution in [2.75, 3.05) is 0 Å². The average Bonchev–Trinajstić information content (AvgIpc) is 2.36. The summed E-state index contributed by atoms with van der Waals surface area (Å²) in [4.78, 5) is 3.90. The van der Waals surface area contributed by atoms with Crippen molar-refractivity contribution in [2.45, 2.75) is 6.92 Å². The van der Waals surface area contributed by atoms with Gasteiger partial charge in [-0.1, -0.05) is 18.3 Å². The summed E-state index contributed by atoms with van der Waals surface area (Å²) in [5, 5.41) is 3.80. The van der Waals surface area contributed by atoms with E-state index in [2.05, 4.69) is 27.7 Å². The normalized spacial score (nSPS) is 23.7. The molecular weight excluding hydrogens is 146 g/mol. The van der Waals surface area contributed by atoms with Gasteiger partial charge < -0.3 is 0 Å². The molecule has 1 N–H and O–H groups in total. The molecule has 0 atom stereocenters. The van der Waals surface area contributed by atoms with Crippen molar-refractivity contribution in [3.63, 3.8) is 0 Å². The Morgan fingerprint density at radius 1 is 1.80 bits per heavy atom. The molecule has 3 nitrogen and oxygen atoms in total. The highest BCUT2D eigenvalue weighted by Crippen LogP contribution is 1.97. The third-order valence-corrected chi connectivity index (χ3v) is 1.23. The lowest BCUT2D eigenvalue weighted by atomic mass is 10.3. The summed E-state index contributed by atoms with van der Waals surface area (Å²) in [6, 6.07) is 0. The predicted octanol–water partition coefficient (Wildman–Crippen LogP) is 0.877. The van der Waals surface area contributed by atoms with Gasteiger partial charge in [-0.2, -0.15) is 5.10 Å². The highest BCUT2D eigenvalue weighted by atomic mass is 32.1. The first-order valence-corrected chi connectivity index (χ1v) is 3.33. The van der Waals surface area contributed by atoms with Gasteiger partial charge in [-0.15, -0.1) is 0 Å². The van der Waals surface area contributed by atoms with Gasteiger partial charge in [0.05, 0.1) is 17.4 Å². The van der Waals surface area contributed by atoms with E-state index in [1.54, 1.807) is 6.21 Å². The molecule has 0 aliphatic carbocycles. The van der Waals surface area contributed by atoms with Gasteiger partial charge in [-0.25, -0.2) is 4.99 Å². The molecule has 0 aromatic heterocycles. The number of aliphatic imine (C=N–C) groups is 1. The minimum atomic E-state index is 0.789. The zero-order valence-electron chi connectivity index (χ0n) is 5.53. The van der Waals surface area contributed by atoms with E-state index in [-0.39, 0.29) is 0 Å². The number of nitrogens with one attached hydrogen (secondary N) is 1. The van der Waals surface area contributed by atoms with Crippen LogP contribution in [0.2, 0.25) is 0 Å². The summed E-state index contributed by atoms with van der Waals surface area (Å²) in [5.74, 6) is 0. The van der Waals surface area contributed by atoms with Gasteiger partial charge in [0, 0.05) is 0 Å². The summed E-state index contributed by atoms with van der Waals surface area (Å²) in [6.45, 7) is 1.91. The predicted molar refractivity (Wildman–Crippen MR) is 46.5 cm³/mol. The lowest BCUT2D eigenvalue weighted by molar-refractivity contribution is 0.961. The molecule has 0 bridgehead atoms. The van der Waals surface area contributed by atoms with Crippen molar-refractivity contribution in [3.05, 3.63) is 11.8 Å². The smallest absolute Gasteiger partial charge is 0.109 e. The van der Waals surface area contributed by atoms with Crippen LogP contribution in [0.1, 0.15) is 6.92 Å². The van der Waals surface area contributed by atoms with E-state index < -0.39 is 0 Å².